The van der Waals surface area contributed by atoms with Crippen molar-refractivity contribution < 1.29 is 14.4 Å². The van der Waals surface area contributed by atoms with E-state index >= 15 is 0 Å². The number of amides is 1. The van der Waals surface area contributed by atoms with Gasteiger partial charge in [0.25, 0.3) is 5.91 Å². The fourth-order valence-corrected chi connectivity index (χ4v) is 4.31. The molecule has 2 aliphatic rings. The number of methoxy groups -OCH3 is 1. The second kappa shape index (κ2) is 7.84. The van der Waals surface area contributed by atoms with Crippen molar-refractivity contribution in [3.05, 3.63) is 64.3 Å². The lowest BCUT2D eigenvalue weighted by atomic mass is 10.1. The zero-order chi connectivity index (χ0) is 21.6. The van der Waals surface area contributed by atoms with Crippen molar-refractivity contribution in [1.82, 2.24) is 20.2 Å². The van der Waals surface area contributed by atoms with Gasteiger partial charge in [-0.2, -0.15) is 5.10 Å². The first-order valence-corrected chi connectivity index (χ1v) is 10.8. The maximum Gasteiger partial charge on any atom is 0.279 e. The Kier molecular flexibility index (Phi) is 5.14. The van der Waals surface area contributed by atoms with Crippen molar-refractivity contribution in [2.45, 2.75) is 25.1 Å². The van der Waals surface area contributed by atoms with Crippen LogP contribution in [-0.4, -0.2) is 40.3 Å². The second-order valence-corrected chi connectivity index (χ2v) is 8.33. The number of nitrogens with zero attached hydrogens (tertiary/aromatic N) is 3. The molecule has 0 spiro atoms. The highest BCUT2D eigenvalue weighted by Gasteiger charge is 2.58. The van der Waals surface area contributed by atoms with Crippen LogP contribution in [-0.2, 0) is 4.84 Å². The number of halogens is 2. The number of carbonyl (C=O) groups excluding carboxylic acids is 1. The summed E-state index contributed by atoms with van der Waals surface area (Å²) in [4.78, 5) is 18.9. The SMILES string of the molecule is COc1c(C(=O)NC23CCCCN2O3)nn(-c2ccccc2Cl)c1-c1ccc(Cl)cc1. The molecule has 1 aromatic heterocycles. The molecule has 2 unspecified atom stereocenters. The molecule has 2 saturated heterocycles. The molecule has 31 heavy (non-hydrogen) atoms. The summed E-state index contributed by atoms with van der Waals surface area (Å²) >= 11 is 12.5. The maximum atomic E-state index is 13.3. The van der Waals surface area contributed by atoms with Crippen LogP contribution in [0.2, 0.25) is 10.0 Å². The summed E-state index contributed by atoms with van der Waals surface area (Å²) in [5.74, 6) is -0.768. The van der Waals surface area contributed by atoms with E-state index in [0.29, 0.717) is 27.2 Å². The van der Waals surface area contributed by atoms with Gasteiger partial charge in [-0.3, -0.25) is 4.79 Å². The summed E-state index contributed by atoms with van der Waals surface area (Å²) in [7, 11) is 1.52. The molecular formula is C22H20Cl2N4O3. The van der Waals surface area contributed by atoms with E-state index in [-0.39, 0.29) is 11.6 Å². The first-order valence-electron chi connectivity index (χ1n) is 9.99. The zero-order valence-corrected chi connectivity index (χ0v) is 18.3. The van der Waals surface area contributed by atoms with E-state index in [2.05, 4.69) is 10.4 Å². The Bertz CT molecular complexity index is 1150. The molecule has 0 saturated carbocycles. The Morgan fingerprint density at radius 3 is 2.65 bits per heavy atom. The van der Waals surface area contributed by atoms with Gasteiger partial charge in [0.1, 0.15) is 5.69 Å². The number of rotatable bonds is 5. The number of aromatic nitrogens is 2. The molecule has 0 aliphatic carbocycles. The highest BCUT2D eigenvalue weighted by Crippen LogP contribution is 2.42. The van der Waals surface area contributed by atoms with E-state index in [1.54, 1.807) is 27.9 Å². The average Bonchev–Trinajstić information content (AvgIpc) is 3.36. The summed E-state index contributed by atoms with van der Waals surface area (Å²) in [6.07, 6.45) is 2.76. The number of carbonyl (C=O) groups is 1. The molecule has 2 aliphatic heterocycles. The van der Waals surface area contributed by atoms with Crippen LogP contribution >= 0.6 is 23.2 Å². The predicted octanol–water partition coefficient (Wildman–Crippen LogP) is 4.67. The largest absolute Gasteiger partial charge is 0.492 e. The summed E-state index contributed by atoms with van der Waals surface area (Å²) in [6.45, 7) is 0.793. The van der Waals surface area contributed by atoms with Crippen LogP contribution in [0.1, 0.15) is 29.8 Å². The van der Waals surface area contributed by atoms with Crippen LogP contribution in [0.15, 0.2) is 48.5 Å². The molecule has 5 rings (SSSR count). The van der Waals surface area contributed by atoms with Crippen molar-refractivity contribution in [3.8, 4) is 22.7 Å². The van der Waals surface area contributed by atoms with Gasteiger partial charge in [-0.05, 0) is 37.1 Å². The van der Waals surface area contributed by atoms with Gasteiger partial charge in [-0.1, -0.05) is 47.5 Å². The fourth-order valence-electron chi connectivity index (χ4n) is 3.97. The second-order valence-electron chi connectivity index (χ2n) is 7.49. The number of piperidine rings is 1. The average molecular weight is 459 g/mol. The van der Waals surface area contributed by atoms with Crippen LogP contribution in [0.4, 0.5) is 0 Å². The van der Waals surface area contributed by atoms with E-state index in [1.165, 1.54) is 7.11 Å². The number of benzene rings is 2. The van der Waals surface area contributed by atoms with Gasteiger partial charge in [0.2, 0.25) is 5.85 Å². The maximum absolute atomic E-state index is 13.3. The van der Waals surface area contributed by atoms with Crippen LogP contribution < -0.4 is 10.1 Å². The Balaban J connectivity index is 1.62. The molecule has 0 bridgehead atoms. The summed E-state index contributed by atoms with van der Waals surface area (Å²) in [5, 5.41) is 10.5. The van der Waals surface area contributed by atoms with Crippen LogP contribution in [0.5, 0.6) is 5.75 Å². The first kappa shape index (κ1) is 20.3. The highest BCUT2D eigenvalue weighted by molar-refractivity contribution is 6.32. The van der Waals surface area contributed by atoms with Gasteiger partial charge in [-0.15, -0.1) is 5.06 Å². The minimum absolute atomic E-state index is 0.155. The smallest absolute Gasteiger partial charge is 0.279 e. The standard InChI is InChI=1S/C22H20Cl2N4O3/c1-30-20-18(21(29)25-22-12-4-5-13-27(22)31-22)26-28(17-7-3-2-6-16(17)24)19(20)14-8-10-15(23)11-9-14/h2-3,6-11H,4-5,12-13H2,1H3,(H,25,29). The number of hydrogen-bond donors (Lipinski definition) is 1. The number of hydroxylamine groups is 2. The fraction of sp³-hybridized carbons (Fsp3) is 0.273. The Hall–Kier alpha value is -2.58. The third-order valence-electron chi connectivity index (χ3n) is 5.53. The van der Waals surface area contributed by atoms with E-state index in [4.69, 9.17) is 32.8 Å². The molecule has 2 fully saturated rings. The van der Waals surface area contributed by atoms with Gasteiger partial charge >= 0.3 is 0 Å². The lowest BCUT2D eigenvalue weighted by molar-refractivity contribution is 0.0873. The molecule has 7 nitrogen and oxygen atoms in total. The normalized spacial score (nSPS) is 22.0. The van der Waals surface area contributed by atoms with Gasteiger partial charge in [0.15, 0.2) is 11.4 Å². The summed E-state index contributed by atoms with van der Waals surface area (Å²) < 4.78 is 7.31. The lowest BCUT2D eigenvalue weighted by Gasteiger charge is -2.17. The van der Waals surface area contributed by atoms with Crippen LogP contribution in [0.3, 0.4) is 0 Å². The molecule has 2 atom stereocenters. The molecule has 2 aromatic carbocycles. The van der Waals surface area contributed by atoms with Gasteiger partial charge in [-0.25, -0.2) is 9.52 Å². The first-order chi connectivity index (χ1) is 15.0. The summed E-state index contributed by atoms with van der Waals surface area (Å²) in [5.41, 5.74) is 2.18. The van der Waals surface area contributed by atoms with Gasteiger partial charge in [0, 0.05) is 23.6 Å². The molecule has 160 valence electrons. The van der Waals surface area contributed by atoms with E-state index < -0.39 is 5.85 Å². The zero-order valence-electron chi connectivity index (χ0n) is 16.8. The molecule has 3 aromatic rings. The topological polar surface area (TPSA) is 71.7 Å². The number of ether oxygens (including phenoxy) is 1. The predicted molar refractivity (Wildman–Crippen MR) is 117 cm³/mol. The Morgan fingerprint density at radius 2 is 1.94 bits per heavy atom. The Morgan fingerprint density at radius 1 is 1.16 bits per heavy atom. The van der Waals surface area contributed by atoms with E-state index in [9.17, 15) is 4.79 Å². The quantitative estimate of drug-likeness (QED) is 0.562. The highest BCUT2D eigenvalue weighted by atomic mass is 35.5. The monoisotopic (exact) mass is 458 g/mol. The van der Waals surface area contributed by atoms with Crippen molar-refractivity contribution >= 4 is 29.1 Å². The molecular weight excluding hydrogens is 439 g/mol. The third-order valence-corrected chi connectivity index (χ3v) is 6.10. The third kappa shape index (κ3) is 3.57. The van der Waals surface area contributed by atoms with Crippen molar-refractivity contribution in [2.24, 2.45) is 0 Å². The number of hydrogen-bond acceptors (Lipinski definition) is 5. The summed E-state index contributed by atoms with van der Waals surface area (Å²) in [6, 6.07) is 14.6. The number of nitrogens with one attached hydrogen (secondary N) is 1. The molecule has 3 heterocycles. The van der Waals surface area contributed by atoms with Crippen molar-refractivity contribution in [3.63, 3.8) is 0 Å². The minimum atomic E-state index is -0.741. The molecule has 1 amide bonds. The van der Waals surface area contributed by atoms with Crippen LogP contribution in [0.25, 0.3) is 16.9 Å². The van der Waals surface area contributed by atoms with Gasteiger partial charge in [0.05, 0.1) is 17.8 Å². The number of fused-ring (bicyclic) bond motifs is 1. The Labute approximate surface area is 189 Å². The van der Waals surface area contributed by atoms with Crippen molar-refractivity contribution in [2.75, 3.05) is 13.7 Å². The van der Waals surface area contributed by atoms with Crippen LogP contribution in [0, 0.1) is 0 Å². The number of para-hydroxylation sites is 1. The van der Waals surface area contributed by atoms with E-state index in [0.717, 1.165) is 31.4 Å². The van der Waals surface area contributed by atoms with Gasteiger partial charge < -0.3 is 10.1 Å². The molecule has 0 radical (unpaired) electrons. The van der Waals surface area contributed by atoms with Crippen molar-refractivity contribution in [1.29, 1.82) is 0 Å². The molecule has 1 N–H and O–H groups in total. The lowest BCUT2D eigenvalue weighted by Crippen LogP contribution is -2.43. The van der Waals surface area contributed by atoms with E-state index in [1.807, 2.05) is 30.3 Å². The minimum Gasteiger partial charge on any atom is -0.492 e. The molecule has 9 heteroatoms.